The van der Waals surface area contributed by atoms with Gasteiger partial charge in [-0.1, -0.05) is 0 Å². The van der Waals surface area contributed by atoms with Crippen molar-refractivity contribution in [2.45, 2.75) is 13.0 Å². The molecule has 80 valence electrons. The predicted octanol–water partition coefficient (Wildman–Crippen LogP) is -0.422. The molecule has 0 saturated heterocycles. The fraction of sp³-hybridized carbons (Fsp3) is 0.222. The van der Waals surface area contributed by atoms with Crippen LogP contribution >= 0.6 is 0 Å². The number of aliphatic carboxylic acids is 1. The Morgan fingerprint density at radius 3 is 2.73 bits per heavy atom. The molecule has 0 unspecified atom stereocenters. The molecule has 0 aliphatic carbocycles. The molecule has 0 saturated carbocycles. The third-order valence-electron chi connectivity index (χ3n) is 1.79. The first kappa shape index (κ1) is 11.0. The molecule has 0 aliphatic heterocycles. The highest BCUT2D eigenvalue weighted by Crippen LogP contribution is 1.90. The molecule has 3 N–H and O–H groups in total. The maximum absolute atomic E-state index is 11.4. The number of rotatable bonds is 3. The van der Waals surface area contributed by atoms with Gasteiger partial charge in [-0.25, -0.2) is 0 Å². The number of amides is 1. The second-order valence-electron chi connectivity index (χ2n) is 2.96. The van der Waals surface area contributed by atoms with Crippen LogP contribution in [0, 0.1) is 0 Å². The summed E-state index contributed by atoms with van der Waals surface area (Å²) in [6.07, 6.45) is 2.62. The number of carboxylic acid groups (broad SMARTS) is 1. The Kier molecular flexibility index (Phi) is 3.22. The van der Waals surface area contributed by atoms with E-state index < -0.39 is 23.3 Å². The average Bonchev–Trinajstić information content (AvgIpc) is 2.18. The summed E-state index contributed by atoms with van der Waals surface area (Å²) in [5.74, 6) is -1.86. The number of aromatic nitrogens is 1. The van der Waals surface area contributed by atoms with Gasteiger partial charge >= 0.3 is 5.97 Å². The van der Waals surface area contributed by atoms with Crippen molar-refractivity contribution in [3.8, 4) is 0 Å². The third kappa shape index (κ3) is 2.67. The highest BCUT2D eigenvalue weighted by atomic mass is 16.4. The lowest BCUT2D eigenvalue weighted by molar-refractivity contribution is -0.138. The summed E-state index contributed by atoms with van der Waals surface area (Å²) in [6, 6.07) is 0.164. The first-order chi connectivity index (χ1) is 7.02. The smallest absolute Gasteiger partial charge is 0.325 e. The van der Waals surface area contributed by atoms with Crippen molar-refractivity contribution in [3.63, 3.8) is 0 Å². The van der Waals surface area contributed by atoms with E-state index >= 15 is 0 Å². The lowest BCUT2D eigenvalue weighted by atomic mass is 10.2. The molecule has 1 aromatic heterocycles. The number of H-pyrrole nitrogens is 1. The Morgan fingerprint density at radius 2 is 2.20 bits per heavy atom. The van der Waals surface area contributed by atoms with Crippen molar-refractivity contribution in [1.82, 2.24) is 10.3 Å². The minimum atomic E-state index is -1.16. The second-order valence-corrected chi connectivity index (χ2v) is 2.96. The van der Waals surface area contributed by atoms with Gasteiger partial charge in [0, 0.05) is 18.5 Å². The largest absolute Gasteiger partial charge is 0.480 e. The van der Waals surface area contributed by atoms with E-state index in [-0.39, 0.29) is 5.56 Å². The molecule has 1 aromatic rings. The van der Waals surface area contributed by atoms with E-state index in [4.69, 9.17) is 5.11 Å². The molecule has 1 rings (SSSR count). The minimum absolute atomic E-state index is 0.106. The fourth-order valence-electron chi connectivity index (χ4n) is 0.930. The summed E-state index contributed by atoms with van der Waals surface area (Å²) in [7, 11) is 0. The molecule has 1 heterocycles. The van der Waals surface area contributed by atoms with E-state index in [0.717, 1.165) is 0 Å². The Labute approximate surface area is 84.9 Å². The Morgan fingerprint density at radius 1 is 1.53 bits per heavy atom. The topological polar surface area (TPSA) is 99.3 Å². The molecular formula is C9H10N2O4. The first-order valence-corrected chi connectivity index (χ1v) is 4.23. The maximum atomic E-state index is 11.4. The van der Waals surface area contributed by atoms with E-state index in [2.05, 4.69) is 10.3 Å². The molecule has 15 heavy (non-hydrogen) atoms. The number of carboxylic acids is 1. The molecule has 6 nitrogen and oxygen atoms in total. The van der Waals surface area contributed by atoms with Crippen molar-refractivity contribution >= 4 is 11.9 Å². The summed E-state index contributed by atoms with van der Waals surface area (Å²) in [6.45, 7) is 1.32. The quantitative estimate of drug-likeness (QED) is 0.630. The van der Waals surface area contributed by atoms with Gasteiger partial charge in [0.25, 0.3) is 5.91 Å². The van der Waals surface area contributed by atoms with Crippen molar-refractivity contribution < 1.29 is 14.7 Å². The SMILES string of the molecule is C[C@@H](NC(=O)c1c[nH]ccc1=O)C(=O)O. The number of pyridine rings is 1. The molecule has 0 bridgehead atoms. The standard InChI is InChI=1S/C9H10N2O4/c1-5(9(14)15)11-8(13)6-4-10-3-2-7(6)12/h2-5H,1H3,(H,10,12)(H,11,13)(H,14,15)/t5-/m1/s1. The zero-order valence-electron chi connectivity index (χ0n) is 7.98. The molecule has 0 fully saturated rings. The van der Waals surface area contributed by atoms with Crippen LogP contribution in [0.1, 0.15) is 17.3 Å². The average molecular weight is 210 g/mol. The molecular weight excluding hydrogens is 200 g/mol. The van der Waals surface area contributed by atoms with Gasteiger partial charge in [-0.15, -0.1) is 0 Å². The fourth-order valence-corrected chi connectivity index (χ4v) is 0.930. The normalized spacial score (nSPS) is 11.8. The van der Waals surface area contributed by atoms with E-state index in [1.165, 1.54) is 25.4 Å². The van der Waals surface area contributed by atoms with Crippen LogP contribution in [0.25, 0.3) is 0 Å². The van der Waals surface area contributed by atoms with Crippen LogP contribution in [0.5, 0.6) is 0 Å². The lowest BCUT2D eigenvalue weighted by Gasteiger charge is -2.07. The molecule has 1 amide bonds. The van der Waals surface area contributed by atoms with E-state index in [1.54, 1.807) is 0 Å². The van der Waals surface area contributed by atoms with E-state index in [1.807, 2.05) is 0 Å². The third-order valence-corrected chi connectivity index (χ3v) is 1.79. The van der Waals surface area contributed by atoms with Crippen LogP contribution in [0.2, 0.25) is 0 Å². The number of carbonyl (C=O) groups excluding carboxylic acids is 1. The number of hydrogen-bond acceptors (Lipinski definition) is 3. The second kappa shape index (κ2) is 4.41. The monoisotopic (exact) mass is 210 g/mol. The van der Waals surface area contributed by atoms with Gasteiger partial charge in [-0.05, 0) is 6.92 Å². The summed E-state index contributed by atoms with van der Waals surface area (Å²) >= 11 is 0. The van der Waals surface area contributed by atoms with Crippen molar-refractivity contribution in [1.29, 1.82) is 0 Å². The Hall–Kier alpha value is -2.11. The molecule has 1 atom stereocenters. The van der Waals surface area contributed by atoms with Crippen LogP contribution < -0.4 is 10.7 Å². The highest BCUT2D eigenvalue weighted by Gasteiger charge is 2.16. The zero-order valence-corrected chi connectivity index (χ0v) is 7.98. The van der Waals surface area contributed by atoms with Gasteiger partial charge in [0.1, 0.15) is 11.6 Å². The Bertz CT molecular complexity index is 438. The van der Waals surface area contributed by atoms with Crippen LogP contribution in [-0.4, -0.2) is 28.0 Å². The molecule has 6 heteroatoms. The lowest BCUT2D eigenvalue weighted by Crippen LogP contribution is -2.40. The van der Waals surface area contributed by atoms with Crippen LogP contribution in [0.3, 0.4) is 0 Å². The summed E-state index contributed by atoms with van der Waals surface area (Å²) in [5.41, 5.74) is -0.561. The van der Waals surface area contributed by atoms with Gasteiger partial charge in [-0.2, -0.15) is 0 Å². The van der Waals surface area contributed by atoms with E-state index in [0.29, 0.717) is 0 Å². The van der Waals surface area contributed by atoms with Crippen molar-refractivity contribution in [2.75, 3.05) is 0 Å². The first-order valence-electron chi connectivity index (χ1n) is 4.23. The molecule has 0 aromatic carbocycles. The van der Waals surface area contributed by atoms with Gasteiger partial charge in [0.05, 0.1) is 0 Å². The zero-order chi connectivity index (χ0) is 11.4. The molecule has 0 radical (unpaired) electrons. The highest BCUT2D eigenvalue weighted by molar-refractivity contribution is 5.96. The van der Waals surface area contributed by atoms with Crippen LogP contribution in [-0.2, 0) is 4.79 Å². The molecule has 0 spiro atoms. The summed E-state index contributed by atoms with van der Waals surface area (Å²) < 4.78 is 0. The summed E-state index contributed by atoms with van der Waals surface area (Å²) in [4.78, 5) is 35.6. The number of aromatic amines is 1. The molecule has 0 aliphatic rings. The van der Waals surface area contributed by atoms with Gasteiger partial charge < -0.3 is 15.4 Å². The Balaban J connectivity index is 2.83. The predicted molar refractivity (Wildman–Crippen MR) is 51.6 cm³/mol. The van der Waals surface area contributed by atoms with Gasteiger partial charge in [0.15, 0.2) is 5.43 Å². The maximum Gasteiger partial charge on any atom is 0.325 e. The number of nitrogens with one attached hydrogen (secondary N) is 2. The van der Waals surface area contributed by atoms with Crippen molar-refractivity contribution in [3.05, 3.63) is 34.2 Å². The number of carbonyl (C=O) groups is 2. The van der Waals surface area contributed by atoms with Crippen LogP contribution in [0.15, 0.2) is 23.3 Å². The number of hydrogen-bond donors (Lipinski definition) is 3. The van der Waals surface area contributed by atoms with Gasteiger partial charge in [0.2, 0.25) is 0 Å². The van der Waals surface area contributed by atoms with Crippen molar-refractivity contribution in [2.24, 2.45) is 0 Å². The van der Waals surface area contributed by atoms with Crippen LogP contribution in [0.4, 0.5) is 0 Å². The minimum Gasteiger partial charge on any atom is -0.480 e. The van der Waals surface area contributed by atoms with Gasteiger partial charge in [-0.3, -0.25) is 14.4 Å². The summed E-state index contributed by atoms with van der Waals surface area (Å²) in [5, 5.41) is 10.7. The van der Waals surface area contributed by atoms with E-state index in [9.17, 15) is 14.4 Å².